The maximum atomic E-state index is 12.9. The van der Waals surface area contributed by atoms with Crippen LogP contribution in [0, 0.1) is 5.82 Å². The summed E-state index contributed by atoms with van der Waals surface area (Å²) in [6, 6.07) is 5.66. The summed E-state index contributed by atoms with van der Waals surface area (Å²) in [6.07, 6.45) is 5.52. The molecule has 0 unspecified atom stereocenters. The zero-order chi connectivity index (χ0) is 16.9. The van der Waals surface area contributed by atoms with Crippen LogP contribution in [0.25, 0.3) is 0 Å². The van der Waals surface area contributed by atoms with Crippen molar-refractivity contribution in [2.24, 2.45) is 7.05 Å². The Hall–Kier alpha value is -2.41. The highest BCUT2D eigenvalue weighted by Crippen LogP contribution is 2.14. The lowest BCUT2D eigenvalue weighted by Gasteiger charge is -2.32. The number of amides is 2. The second-order valence-electron chi connectivity index (χ2n) is 6.15. The van der Waals surface area contributed by atoms with Crippen LogP contribution in [-0.4, -0.2) is 39.6 Å². The minimum absolute atomic E-state index is 0.160. The average molecular weight is 331 g/mol. The maximum Gasteiger partial charge on any atom is 0.319 e. The zero-order valence-corrected chi connectivity index (χ0v) is 13.7. The number of carbonyl (C=O) groups is 1. The number of halogens is 1. The lowest BCUT2D eigenvalue weighted by atomic mass is 10.1. The number of carbonyl (C=O) groups excluding carboxylic acids is 1. The number of likely N-dealkylation sites (tertiary alicyclic amines) is 1. The summed E-state index contributed by atoms with van der Waals surface area (Å²) in [5.74, 6) is -0.318. The van der Waals surface area contributed by atoms with Gasteiger partial charge in [-0.05, 0) is 37.1 Å². The van der Waals surface area contributed by atoms with Crippen LogP contribution in [-0.2, 0) is 13.6 Å². The molecular weight excluding hydrogens is 309 g/mol. The van der Waals surface area contributed by atoms with Crippen LogP contribution in [0.1, 0.15) is 18.5 Å². The number of rotatable bonds is 4. The van der Waals surface area contributed by atoms with Gasteiger partial charge in [-0.1, -0.05) is 0 Å². The van der Waals surface area contributed by atoms with E-state index in [-0.39, 0.29) is 17.9 Å². The number of nitrogens with zero attached hydrogens (tertiary/aromatic N) is 3. The molecule has 1 saturated heterocycles. The summed E-state index contributed by atoms with van der Waals surface area (Å²) in [6.45, 7) is 2.75. The van der Waals surface area contributed by atoms with Gasteiger partial charge in [-0.25, -0.2) is 14.2 Å². The van der Waals surface area contributed by atoms with Crippen LogP contribution in [0.2, 0.25) is 0 Å². The molecule has 1 aromatic carbocycles. The number of aromatic nitrogens is 2. The molecule has 6 nitrogen and oxygen atoms in total. The Morgan fingerprint density at radius 2 is 2.00 bits per heavy atom. The Morgan fingerprint density at radius 1 is 1.29 bits per heavy atom. The minimum atomic E-state index is -0.318. The van der Waals surface area contributed by atoms with Crippen LogP contribution in [0.3, 0.4) is 0 Å². The highest BCUT2D eigenvalue weighted by Gasteiger charge is 2.21. The predicted octanol–water partition coefficient (Wildman–Crippen LogP) is 2.35. The third kappa shape index (κ3) is 4.32. The zero-order valence-electron chi connectivity index (χ0n) is 13.7. The van der Waals surface area contributed by atoms with Gasteiger partial charge in [0, 0.05) is 44.6 Å². The van der Waals surface area contributed by atoms with Gasteiger partial charge < -0.3 is 15.2 Å². The molecule has 2 amide bonds. The van der Waals surface area contributed by atoms with Gasteiger partial charge in [0.2, 0.25) is 0 Å². The number of benzene rings is 1. The van der Waals surface area contributed by atoms with Gasteiger partial charge in [0.15, 0.2) is 0 Å². The van der Waals surface area contributed by atoms with Crippen molar-refractivity contribution < 1.29 is 9.18 Å². The summed E-state index contributed by atoms with van der Waals surface area (Å²) in [7, 11) is 2.00. The molecule has 0 bridgehead atoms. The summed E-state index contributed by atoms with van der Waals surface area (Å²) in [5.41, 5.74) is 1.78. The molecule has 2 N–H and O–H groups in total. The van der Waals surface area contributed by atoms with Crippen LogP contribution < -0.4 is 10.6 Å². The van der Waals surface area contributed by atoms with Gasteiger partial charge in [-0.15, -0.1) is 0 Å². The van der Waals surface area contributed by atoms with Gasteiger partial charge in [0.1, 0.15) is 5.82 Å². The van der Waals surface area contributed by atoms with Crippen LogP contribution in [0.4, 0.5) is 14.9 Å². The quantitative estimate of drug-likeness (QED) is 0.904. The number of hydrogen-bond donors (Lipinski definition) is 2. The fraction of sp³-hybridized carbons (Fsp3) is 0.412. The van der Waals surface area contributed by atoms with Crippen molar-refractivity contribution in [1.29, 1.82) is 0 Å². The van der Waals surface area contributed by atoms with Crippen molar-refractivity contribution in [3.8, 4) is 0 Å². The Balaban J connectivity index is 1.42. The molecule has 1 fully saturated rings. The van der Waals surface area contributed by atoms with E-state index in [2.05, 4.69) is 20.5 Å². The van der Waals surface area contributed by atoms with E-state index in [1.165, 1.54) is 17.8 Å². The molecule has 0 atom stereocenters. The SMILES string of the molecule is Cn1cncc1CN1CCC(NC(=O)Nc2ccc(F)cc2)CC1. The second kappa shape index (κ2) is 7.44. The molecular formula is C17H22FN5O. The van der Waals surface area contributed by atoms with E-state index in [0.29, 0.717) is 5.69 Å². The van der Waals surface area contributed by atoms with Gasteiger partial charge in [-0.3, -0.25) is 4.90 Å². The van der Waals surface area contributed by atoms with E-state index in [9.17, 15) is 9.18 Å². The third-order valence-corrected chi connectivity index (χ3v) is 4.33. The first kappa shape index (κ1) is 16.4. The number of imidazole rings is 1. The smallest absolute Gasteiger partial charge is 0.319 e. The first-order valence-electron chi connectivity index (χ1n) is 8.11. The number of piperidine rings is 1. The van der Waals surface area contributed by atoms with Crippen molar-refractivity contribution in [2.75, 3.05) is 18.4 Å². The topological polar surface area (TPSA) is 62.2 Å². The van der Waals surface area contributed by atoms with Gasteiger partial charge >= 0.3 is 6.03 Å². The average Bonchev–Trinajstić information content (AvgIpc) is 2.96. The molecule has 2 aromatic rings. The van der Waals surface area contributed by atoms with Crippen molar-refractivity contribution in [1.82, 2.24) is 19.8 Å². The predicted molar refractivity (Wildman–Crippen MR) is 90.1 cm³/mol. The molecule has 2 heterocycles. The molecule has 3 rings (SSSR count). The van der Waals surface area contributed by atoms with Crippen LogP contribution >= 0.6 is 0 Å². The maximum absolute atomic E-state index is 12.9. The van der Waals surface area contributed by atoms with Crippen LogP contribution in [0.15, 0.2) is 36.8 Å². The van der Waals surface area contributed by atoms with E-state index in [4.69, 9.17) is 0 Å². The number of hydrogen-bond acceptors (Lipinski definition) is 3. The summed E-state index contributed by atoms with van der Waals surface area (Å²) < 4.78 is 14.9. The highest BCUT2D eigenvalue weighted by molar-refractivity contribution is 5.89. The fourth-order valence-electron chi connectivity index (χ4n) is 2.89. The monoisotopic (exact) mass is 331 g/mol. The minimum Gasteiger partial charge on any atom is -0.337 e. The van der Waals surface area contributed by atoms with Crippen molar-refractivity contribution in [3.63, 3.8) is 0 Å². The lowest BCUT2D eigenvalue weighted by molar-refractivity contribution is 0.187. The molecule has 128 valence electrons. The summed E-state index contributed by atoms with van der Waals surface area (Å²) >= 11 is 0. The standard InChI is InChI=1S/C17H22FN5O/c1-22-12-19-10-16(22)11-23-8-6-15(7-9-23)21-17(24)20-14-4-2-13(18)3-5-14/h2-5,10,12,15H,6-9,11H2,1H3,(H2,20,21,24). The number of anilines is 1. The van der Waals surface area contributed by atoms with Crippen LogP contribution in [0.5, 0.6) is 0 Å². The van der Waals surface area contributed by atoms with Gasteiger partial charge in [0.05, 0.1) is 12.0 Å². The molecule has 0 saturated carbocycles. The lowest BCUT2D eigenvalue weighted by Crippen LogP contribution is -2.45. The van der Waals surface area contributed by atoms with E-state index in [1.54, 1.807) is 12.1 Å². The van der Waals surface area contributed by atoms with Gasteiger partial charge in [-0.2, -0.15) is 0 Å². The Morgan fingerprint density at radius 3 is 2.62 bits per heavy atom. The van der Waals surface area contributed by atoms with E-state index >= 15 is 0 Å². The van der Waals surface area contributed by atoms with Crippen molar-refractivity contribution in [2.45, 2.75) is 25.4 Å². The molecule has 1 aliphatic rings. The summed E-state index contributed by atoms with van der Waals surface area (Å²) in [5, 5.41) is 5.71. The van der Waals surface area contributed by atoms with E-state index < -0.39 is 0 Å². The molecule has 0 spiro atoms. The van der Waals surface area contributed by atoms with E-state index in [1.807, 2.05) is 24.1 Å². The first-order valence-corrected chi connectivity index (χ1v) is 8.11. The molecule has 0 aliphatic carbocycles. The number of urea groups is 1. The third-order valence-electron chi connectivity index (χ3n) is 4.33. The first-order chi connectivity index (χ1) is 11.6. The fourth-order valence-corrected chi connectivity index (χ4v) is 2.89. The molecule has 7 heteroatoms. The Bertz CT molecular complexity index is 677. The largest absolute Gasteiger partial charge is 0.337 e. The molecule has 1 aliphatic heterocycles. The molecule has 0 radical (unpaired) electrons. The summed E-state index contributed by atoms with van der Waals surface area (Å²) in [4.78, 5) is 18.5. The van der Waals surface area contributed by atoms with E-state index in [0.717, 1.165) is 32.5 Å². The number of aryl methyl sites for hydroxylation is 1. The van der Waals surface area contributed by atoms with Crippen molar-refractivity contribution in [3.05, 3.63) is 48.3 Å². The normalized spacial score (nSPS) is 16.1. The second-order valence-corrected chi connectivity index (χ2v) is 6.15. The Kier molecular flexibility index (Phi) is 5.10. The Labute approximate surface area is 140 Å². The number of nitrogens with one attached hydrogen (secondary N) is 2. The van der Waals surface area contributed by atoms with Gasteiger partial charge in [0.25, 0.3) is 0 Å². The molecule has 24 heavy (non-hydrogen) atoms. The highest BCUT2D eigenvalue weighted by atomic mass is 19.1. The molecule has 1 aromatic heterocycles. The van der Waals surface area contributed by atoms with Crippen molar-refractivity contribution >= 4 is 11.7 Å².